The van der Waals surface area contributed by atoms with Gasteiger partial charge in [-0.1, -0.05) is 24.3 Å². The average molecular weight is 313 g/mol. The SMILES string of the molecule is CCNC(=NCc1cccc(O)c1)NCc1cccc(OC)c1. The number of aliphatic imine (C=N–C) groups is 1. The van der Waals surface area contributed by atoms with E-state index in [4.69, 9.17) is 4.74 Å². The van der Waals surface area contributed by atoms with E-state index in [2.05, 4.69) is 15.6 Å². The fraction of sp³-hybridized carbons (Fsp3) is 0.278. The first-order valence-corrected chi connectivity index (χ1v) is 7.64. The summed E-state index contributed by atoms with van der Waals surface area (Å²) in [5.74, 6) is 1.83. The van der Waals surface area contributed by atoms with E-state index in [1.807, 2.05) is 43.3 Å². The van der Waals surface area contributed by atoms with E-state index in [1.165, 1.54) is 0 Å². The van der Waals surface area contributed by atoms with Crippen molar-refractivity contribution in [1.29, 1.82) is 0 Å². The van der Waals surface area contributed by atoms with E-state index in [-0.39, 0.29) is 5.75 Å². The van der Waals surface area contributed by atoms with Gasteiger partial charge < -0.3 is 20.5 Å². The van der Waals surface area contributed by atoms with Crippen molar-refractivity contribution in [3.63, 3.8) is 0 Å². The number of hydrogen-bond acceptors (Lipinski definition) is 3. The molecule has 23 heavy (non-hydrogen) atoms. The molecule has 0 heterocycles. The van der Waals surface area contributed by atoms with E-state index in [1.54, 1.807) is 19.2 Å². The van der Waals surface area contributed by atoms with Gasteiger partial charge in [0.1, 0.15) is 11.5 Å². The largest absolute Gasteiger partial charge is 0.508 e. The minimum atomic E-state index is 0.257. The van der Waals surface area contributed by atoms with Gasteiger partial charge in [-0.2, -0.15) is 0 Å². The second-order valence-corrected chi connectivity index (χ2v) is 5.07. The minimum absolute atomic E-state index is 0.257. The molecule has 0 amide bonds. The molecular weight excluding hydrogens is 290 g/mol. The maximum Gasteiger partial charge on any atom is 0.191 e. The molecule has 3 N–H and O–H groups in total. The quantitative estimate of drug-likeness (QED) is 0.566. The third-order valence-electron chi connectivity index (χ3n) is 3.27. The Morgan fingerprint density at radius 2 is 1.87 bits per heavy atom. The number of rotatable bonds is 6. The summed E-state index contributed by atoms with van der Waals surface area (Å²) in [4.78, 5) is 4.53. The van der Waals surface area contributed by atoms with Gasteiger partial charge in [-0.25, -0.2) is 4.99 Å². The molecule has 0 fully saturated rings. The third kappa shape index (κ3) is 5.54. The zero-order valence-corrected chi connectivity index (χ0v) is 13.5. The Bertz CT molecular complexity index is 656. The first-order chi connectivity index (χ1) is 11.2. The van der Waals surface area contributed by atoms with E-state index in [0.717, 1.165) is 29.4 Å². The summed E-state index contributed by atoms with van der Waals surface area (Å²) in [7, 11) is 1.66. The monoisotopic (exact) mass is 313 g/mol. The van der Waals surface area contributed by atoms with Crippen LogP contribution in [-0.2, 0) is 13.1 Å². The van der Waals surface area contributed by atoms with Crippen molar-refractivity contribution in [2.75, 3.05) is 13.7 Å². The maximum absolute atomic E-state index is 9.49. The van der Waals surface area contributed by atoms with Gasteiger partial charge in [0.2, 0.25) is 0 Å². The Labute approximate surface area is 137 Å². The Hall–Kier alpha value is -2.69. The number of nitrogens with one attached hydrogen (secondary N) is 2. The summed E-state index contributed by atoms with van der Waals surface area (Å²) in [5, 5.41) is 16.0. The molecule has 0 aliphatic carbocycles. The van der Waals surface area contributed by atoms with E-state index >= 15 is 0 Å². The molecule has 0 spiro atoms. The lowest BCUT2D eigenvalue weighted by Crippen LogP contribution is -2.36. The van der Waals surface area contributed by atoms with Crippen LogP contribution in [0.1, 0.15) is 18.1 Å². The lowest BCUT2D eigenvalue weighted by atomic mass is 10.2. The van der Waals surface area contributed by atoms with Gasteiger partial charge in [0.25, 0.3) is 0 Å². The predicted molar refractivity (Wildman–Crippen MR) is 92.8 cm³/mol. The van der Waals surface area contributed by atoms with Gasteiger partial charge >= 0.3 is 0 Å². The molecule has 0 saturated carbocycles. The molecule has 0 bridgehead atoms. The standard InChI is InChI=1S/C18H23N3O2/c1-3-19-18(20-12-14-6-4-8-16(22)10-14)21-13-15-7-5-9-17(11-15)23-2/h4-11,22H,3,12-13H2,1-2H3,(H2,19,20,21). The summed E-state index contributed by atoms with van der Waals surface area (Å²) >= 11 is 0. The molecule has 0 aromatic heterocycles. The van der Waals surface area contributed by atoms with Crippen molar-refractivity contribution in [1.82, 2.24) is 10.6 Å². The van der Waals surface area contributed by atoms with Crippen LogP contribution in [0.3, 0.4) is 0 Å². The minimum Gasteiger partial charge on any atom is -0.508 e. The zero-order chi connectivity index (χ0) is 16.5. The first kappa shape index (κ1) is 16.7. The van der Waals surface area contributed by atoms with Crippen molar-refractivity contribution >= 4 is 5.96 Å². The Morgan fingerprint density at radius 3 is 2.61 bits per heavy atom. The molecule has 2 rings (SSSR count). The van der Waals surface area contributed by atoms with Crippen molar-refractivity contribution in [2.45, 2.75) is 20.0 Å². The highest BCUT2D eigenvalue weighted by Crippen LogP contribution is 2.13. The van der Waals surface area contributed by atoms with Crippen LogP contribution in [-0.4, -0.2) is 24.7 Å². The molecule has 0 atom stereocenters. The maximum atomic E-state index is 9.49. The number of ether oxygens (including phenoxy) is 1. The fourth-order valence-corrected chi connectivity index (χ4v) is 2.14. The van der Waals surface area contributed by atoms with Crippen molar-refractivity contribution < 1.29 is 9.84 Å². The van der Waals surface area contributed by atoms with Crippen LogP contribution in [0.5, 0.6) is 11.5 Å². The normalized spacial score (nSPS) is 11.1. The lowest BCUT2D eigenvalue weighted by molar-refractivity contribution is 0.414. The molecule has 0 aliphatic rings. The second kappa shape index (κ2) is 8.68. The lowest BCUT2D eigenvalue weighted by Gasteiger charge is -2.12. The van der Waals surface area contributed by atoms with E-state index in [9.17, 15) is 5.11 Å². The van der Waals surface area contributed by atoms with Crippen LogP contribution < -0.4 is 15.4 Å². The highest BCUT2D eigenvalue weighted by Gasteiger charge is 2.00. The van der Waals surface area contributed by atoms with Crippen LogP contribution in [0.15, 0.2) is 53.5 Å². The zero-order valence-electron chi connectivity index (χ0n) is 13.5. The first-order valence-electron chi connectivity index (χ1n) is 7.64. The number of nitrogens with zero attached hydrogens (tertiary/aromatic N) is 1. The molecule has 5 nitrogen and oxygen atoms in total. The molecule has 122 valence electrons. The molecule has 0 aliphatic heterocycles. The molecule has 5 heteroatoms. The number of methoxy groups -OCH3 is 1. The molecular formula is C18H23N3O2. The van der Waals surface area contributed by atoms with Crippen molar-refractivity contribution in [2.24, 2.45) is 4.99 Å². The van der Waals surface area contributed by atoms with Gasteiger partial charge in [0.15, 0.2) is 5.96 Å². The van der Waals surface area contributed by atoms with Gasteiger partial charge in [-0.3, -0.25) is 0 Å². The number of hydrogen-bond donors (Lipinski definition) is 3. The fourth-order valence-electron chi connectivity index (χ4n) is 2.14. The summed E-state index contributed by atoms with van der Waals surface area (Å²) < 4.78 is 5.23. The van der Waals surface area contributed by atoms with Crippen LogP contribution in [0.4, 0.5) is 0 Å². The summed E-state index contributed by atoms with van der Waals surface area (Å²) in [5.41, 5.74) is 2.08. The average Bonchev–Trinajstić information content (AvgIpc) is 2.57. The summed E-state index contributed by atoms with van der Waals surface area (Å²) in [6.07, 6.45) is 0. The molecule has 0 radical (unpaired) electrons. The molecule has 2 aromatic rings. The topological polar surface area (TPSA) is 65.9 Å². The number of guanidine groups is 1. The Kier molecular flexibility index (Phi) is 6.29. The highest BCUT2D eigenvalue weighted by molar-refractivity contribution is 5.79. The number of benzene rings is 2. The third-order valence-corrected chi connectivity index (χ3v) is 3.27. The molecule has 0 saturated heterocycles. The van der Waals surface area contributed by atoms with E-state index in [0.29, 0.717) is 13.1 Å². The number of aromatic hydroxyl groups is 1. The smallest absolute Gasteiger partial charge is 0.191 e. The van der Waals surface area contributed by atoms with E-state index < -0.39 is 0 Å². The van der Waals surface area contributed by atoms with Crippen molar-refractivity contribution in [3.05, 3.63) is 59.7 Å². The van der Waals surface area contributed by atoms with Gasteiger partial charge in [0, 0.05) is 13.1 Å². The number of phenols is 1. The van der Waals surface area contributed by atoms with Crippen LogP contribution in [0.25, 0.3) is 0 Å². The van der Waals surface area contributed by atoms with Gasteiger partial charge in [0.05, 0.1) is 13.7 Å². The van der Waals surface area contributed by atoms with Gasteiger partial charge in [-0.05, 0) is 42.3 Å². The Balaban J connectivity index is 1.98. The van der Waals surface area contributed by atoms with Crippen LogP contribution >= 0.6 is 0 Å². The number of phenolic OH excluding ortho intramolecular Hbond substituents is 1. The Morgan fingerprint density at radius 1 is 1.09 bits per heavy atom. The summed E-state index contributed by atoms with van der Waals surface area (Å²) in [6.45, 7) is 3.96. The summed E-state index contributed by atoms with van der Waals surface area (Å²) in [6, 6.07) is 15.0. The van der Waals surface area contributed by atoms with Crippen LogP contribution in [0.2, 0.25) is 0 Å². The predicted octanol–water partition coefficient (Wildman–Crippen LogP) is 2.66. The highest BCUT2D eigenvalue weighted by atomic mass is 16.5. The van der Waals surface area contributed by atoms with Gasteiger partial charge in [-0.15, -0.1) is 0 Å². The van der Waals surface area contributed by atoms with Crippen molar-refractivity contribution in [3.8, 4) is 11.5 Å². The second-order valence-electron chi connectivity index (χ2n) is 5.07. The van der Waals surface area contributed by atoms with Crippen LogP contribution in [0, 0.1) is 0 Å². The molecule has 2 aromatic carbocycles. The molecule has 0 unspecified atom stereocenters.